The summed E-state index contributed by atoms with van der Waals surface area (Å²) < 4.78 is 0. The third kappa shape index (κ3) is 5.83. The zero-order valence-corrected chi connectivity index (χ0v) is 7.12. The molecule has 0 bridgehead atoms. The van der Waals surface area contributed by atoms with E-state index in [4.69, 9.17) is 10.2 Å². The zero-order chi connectivity index (χ0) is 8.74. The Bertz CT molecular complexity index is 130. The predicted molar refractivity (Wildman–Crippen MR) is 46.2 cm³/mol. The largest absolute Gasteiger partial charge is 0.392 e. The highest BCUT2D eigenvalue weighted by Gasteiger charge is 2.06. The average Bonchev–Trinajstić information content (AvgIpc) is 1.97. The molecule has 0 aliphatic rings. The Morgan fingerprint density at radius 1 is 1.00 bits per heavy atom. The lowest BCUT2D eigenvalue weighted by Gasteiger charge is -2.13. The second-order valence-corrected chi connectivity index (χ2v) is 2.99. The summed E-state index contributed by atoms with van der Waals surface area (Å²) in [6.45, 7) is 4.14. The van der Waals surface area contributed by atoms with E-state index in [1.807, 2.05) is 26.0 Å². The molecule has 0 saturated heterocycles. The van der Waals surface area contributed by atoms with E-state index in [0.717, 1.165) is 0 Å². The molecule has 0 aromatic carbocycles. The molecule has 0 heterocycles. The summed E-state index contributed by atoms with van der Waals surface area (Å²) in [6, 6.07) is 0. The summed E-state index contributed by atoms with van der Waals surface area (Å²) in [5.41, 5.74) is -0.0779. The van der Waals surface area contributed by atoms with Crippen LogP contribution in [-0.2, 0) is 0 Å². The molecule has 2 heteroatoms. The zero-order valence-electron chi connectivity index (χ0n) is 7.12. The van der Waals surface area contributed by atoms with Crippen LogP contribution in [0.25, 0.3) is 0 Å². The number of aliphatic hydroxyl groups excluding tert-OH is 2. The fourth-order valence-corrected chi connectivity index (χ4v) is 0.768. The molecule has 11 heavy (non-hydrogen) atoms. The Hall–Kier alpha value is -0.600. The molecule has 2 nitrogen and oxygen atoms in total. The topological polar surface area (TPSA) is 40.5 Å². The Balaban J connectivity index is 3.99. The van der Waals surface area contributed by atoms with Crippen molar-refractivity contribution >= 4 is 0 Å². The molecule has 0 amide bonds. The average molecular weight is 156 g/mol. The van der Waals surface area contributed by atoms with Crippen LogP contribution in [-0.4, -0.2) is 23.4 Å². The molecule has 0 aromatic rings. The maximum atomic E-state index is 8.49. The standard InChI is InChI=1S/C9H16O2/c1-9(2,5-3-7-10)6-4-8-11/h3-6,10-11H,7-8H2,1-2H3. The van der Waals surface area contributed by atoms with Crippen molar-refractivity contribution in [1.82, 2.24) is 0 Å². The van der Waals surface area contributed by atoms with Gasteiger partial charge in [0.25, 0.3) is 0 Å². The third-order valence-electron chi connectivity index (χ3n) is 1.31. The Kier molecular flexibility index (Phi) is 4.83. The van der Waals surface area contributed by atoms with E-state index in [0.29, 0.717) is 0 Å². The summed E-state index contributed by atoms with van der Waals surface area (Å²) in [4.78, 5) is 0. The maximum Gasteiger partial charge on any atom is 0.0612 e. The molecule has 0 rings (SSSR count). The molecule has 0 aliphatic heterocycles. The van der Waals surface area contributed by atoms with Crippen LogP contribution in [0.5, 0.6) is 0 Å². The van der Waals surface area contributed by atoms with Crippen molar-refractivity contribution in [3.05, 3.63) is 24.3 Å². The lowest BCUT2D eigenvalue weighted by molar-refractivity contribution is 0.339. The highest BCUT2D eigenvalue weighted by Crippen LogP contribution is 2.18. The van der Waals surface area contributed by atoms with Crippen molar-refractivity contribution in [3.63, 3.8) is 0 Å². The Morgan fingerprint density at radius 3 is 1.64 bits per heavy atom. The highest BCUT2D eigenvalue weighted by atomic mass is 16.3. The first kappa shape index (κ1) is 10.4. The number of aliphatic hydroxyl groups is 2. The number of hydrogen-bond acceptors (Lipinski definition) is 2. The Morgan fingerprint density at radius 2 is 1.36 bits per heavy atom. The second-order valence-electron chi connectivity index (χ2n) is 2.99. The second kappa shape index (κ2) is 5.10. The Labute approximate surface area is 67.9 Å². The quantitative estimate of drug-likeness (QED) is 0.598. The van der Waals surface area contributed by atoms with Crippen LogP contribution < -0.4 is 0 Å². The lowest BCUT2D eigenvalue weighted by atomic mass is 9.92. The fourth-order valence-electron chi connectivity index (χ4n) is 0.768. The van der Waals surface area contributed by atoms with Crippen molar-refractivity contribution in [2.24, 2.45) is 5.41 Å². The molecule has 0 aliphatic carbocycles. The van der Waals surface area contributed by atoms with E-state index in [9.17, 15) is 0 Å². The molecule has 2 N–H and O–H groups in total. The van der Waals surface area contributed by atoms with Crippen LogP contribution in [0.1, 0.15) is 13.8 Å². The van der Waals surface area contributed by atoms with Crippen LogP contribution in [0.3, 0.4) is 0 Å². The van der Waals surface area contributed by atoms with Gasteiger partial charge in [-0.15, -0.1) is 0 Å². The van der Waals surface area contributed by atoms with E-state index in [1.165, 1.54) is 0 Å². The third-order valence-corrected chi connectivity index (χ3v) is 1.31. The first-order chi connectivity index (χ1) is 5.12. The van der Waals surface area contributed by atoms with Crippen LogP contribution in [0.2, 0.25) is 0 Å². The first-order valence-corrected chi connectivity index (χ1v) is 3.69. The van der Waals surface area contributed by atoms with Gasteiger partial charge in [-0.05, 0) is 0 Å². The van der Waals surface area contributed by atoms with Crippen LogP contribution in [0, 0.1) is 5.41 Å². The monoisotopic (exact) mass is 156 g/mol. The molecule has 0 radical (unpaired) electrons. The van der Waals surface area contributed by atoms with Gasteiger partial charge in [0.1, 0.15) is 0 Å². The van der Waals surface area contributed by atoms with Gasteiger partial charge >= 0.3 is 0 Å². The molecule has 64 valence electrons. The van der Waals surface area contributed by atoms with Gasteiger partial charge in [-0.2, -0.15) is 0 Å². The summed E-state index contributed by atoms with van der Waals surface area (Å²) in [5, 5.41) is 17.0. The van der Waals surface area contributed by atoms with E-state index in [2.05, 4.69) is 0 Å². The van der Waals surface area contributed by atoms with E-state index in [1.54, 1.807) is 12.2 Å². The first-order valence-electron chi connectivity index (χ1n) is 3.69. The summed E-state index contributed by atoms with van der Waals surface area (Å²) >= 11 is 0. The van der Waals surface area contributed by atoms with Gasteiger partial charge in [0.05, 0.1) is 13.2 Å². The van der Waals surface area contributed by atoms with Gasteiger partial charge in [0.2, 0.25) is 0 Å². The van der Waals surface area contributed by atoms with Crippen molar-refractivity contribution in [2.75, 3.05) is 13.2 Å². The lowest BCUT2D eigenvalue weighted by Crippen LogP contribution is -2.02. The number of allylic oxidation sites excluding steroid dienone is 2. The molecule has 0 fully saturated rings. The predicted octanol–water partition coefficient (Wildman–Crippen LogP) is 1.11. The van der Waals surface area contributed by atoms with Crippen LogP contribution >= 0.6 is 0 Å². The van der Waals surface area contributed by atoms with Crippen LogP contribution in [0.4, 0.5) is 0 Å². The molecule has 0 atom stereocenters. The number of rotatable bonds is 4. The van der Waals surface area contributed by atoms with E-state index >= 15 is 0 Å². The summed E-state index contributed by atoms with van der Waals surface area (Å²) in [5.74, 6) is 0. The van der Waals surface area contributed by atoms with E-state index in [-0.39, 0.29) is 18.6 Å². The highest BCUT2D eigenvalue weighted by molar-refractivity contribution is 5.07. The molecule has 0 aromatic heterocycles. The van der Waals surface area contributed by atoms with Gasteiger partial charge in [0.15, 0.2) is 0 Å². The minimum absolute atomic E-state index is 0.0659. The van der Waals surface area contributed by atoms with Crippen molar-refractivity contribution < 1.29 is 10.2 Å². The minimum atomic E-state index is -0.0779. The summed E-state index contributed by atoms with van der Waals surface area (Å²) in [7, 11) is 0. The molecule has 0 saturated carbocycles. The minimum Gasteiger partial charge on any atom is -0.392 e. The normalized spacial score (nSPS) is 13.5. The van der Waals surface area contributed by atoms with Crippen LogP contribution in [0.15, 0.2) is 24.3 Å². The summed E-state index contributed by atoms with van der Waals surface area (Å²) in [6.07, 6.45) is 7.20. The number of hydrogen-bond donors (Lipinski definition) is 2. The van der Waals surface area contributed by atoms with E-state index < -0.39 is 0 Å². The maximum absolute atomic E-state index is 8.49. The molecular formula is C9H16O2. The van der Waals surface area contributed by atoms with Gasteiger partial charge in [-0.25, -0.2) is 0 Å². The molecular weight excluding hydrogens is 140 g/mol. The smallest absolute Gasteiger partial charge is 0.0612 e. The van der Waals surface area contributed by atoms with Gasteiger partial charge < -0.3 is 10.2 Å². The fraction of sp³-hybridized carbons (Fsp3) is 0.556. The van der Waals surface area contributed by atoms with Gasteiger partial charge in [-0.3, -0.25) is 0 Å². The molecule has 0 unspecified atom stereocenters. The SMILES string of the molecule is CC(C)(C=CCO)C=CCO. The van der Waals surface area contributed by atoms with Crippen molar-refractivity contribution in [1.29, 1.82) is 0 Å². The van der Waals surface area contributed by atoms with Crippen molar-refractivity contribution in [2.45, 2.75) is 13.8 Å². The molecule has 0 spiro atoms. The van der Waals surface area contributed by atoms with Crippen molar-refractivity contribution in [3.8, 4) is 0 Å². The van der Waals surface area contributed by atoms with Gasteiger partial charge in [-0.1, -0.05) is 38.2 Å². The van der Waals surface area contributed by atoms with Gasteiger partial charge in [0, 0.05) is 5.41 Å².